The molecule has 1 aliphatic rings. The first-order chi connectivity index (χ1) is 21.2. The lowest BCUT2D eigenvalue weighted by atomic mass is 9.98. The number of hydrogen-bond donors (Lipinski definition) is 1. The molecule has 5 aromatic rings. The lowest BCUT2D eigenvalue weighted by Gasteiger charge is -2.46. The first-order valence-corrected chi connectivity index (χ1v) is 15.5. The van der Waals surface area contributed by atoms with Crippen LogP contribution in [0.1, 0.15) is 33.2 Å². The Kier molecular flexibility index (Phi) is 7.80. The fraction of sp³-hybridized carbons (Fsp3) is 0.114. The summed E-state index contributed by atoms with van der Waals surface area (Å²) in [5.41, 5.74) is 3.80. The second kappa shape index (κ2) is 11.9. The Morgan fingerprint density at radius 2 is 1.52 bits per heavy atom. The lowest BCUT2D eigenvalue weighted by Crippen LogP contribution is -2.50. The van der Waals surface area contributed by atoms with Gasteiger partial charge < -0.3 is 9.64 Å². The Hall–Kier alpha value is -5.15. The molecule has 1 N–H and O–H groups in total. The molecule has 0 unspecified atom stereocenters. The summed E-state index contributed by atoms with van der Waals surface area (Å²) in [6.07, 6.45) is -0.877. The molecule has 0 saturated heterocycles. The van der Waals surface area contributed by atoms with Crippen LogP contribution in [0, 0.1) is 12.7 Å². The summed E-state index contributed by atoms with van der Waals surface area (Å²) in [4.78, 5) is 17.8. The van der Waals surface area contributed by atoms with Gasteiger partial charge in [-0.3, -0.25) is 14.4 Å². The molecule has 0 saturated carbocycles. The summed E-state index contributed by atoms with van der Waals surface area (Å²) in [6, 6.07) is 34.4. The maximum atomic E-state index is 15.6. The molecule has 0 aliphatic carbocycles. The van der Waals surface area contributed by atoms with Gasteiger partial charge in [0.25, 0.3) is 15.9 Å². The molecule has 222 valence electrons. The zero-order chi connectivity index (χ0) is 30.8. The zero-order valence-electron chi connectivity index (χ0n) is 24.1. The number of rotatable bonds is 8. The topological polar surface area (TPSA) is 78.9 Å². The van der Waals surface area contributed by atoms with Crippen molar-refractivity contribution in [1.29, 1.82) is 0 Å². The third kappa shape index (κ3) is 5.61. The maximum Gasteiger partial charge on any atom is 0.262 e. The first kappa shape index (κ1) is 28.9. The minimum absolute atomic E-state index is 0.0659. The van der Waals surface area contributed by atoms with E-state index in [4.69, 9.17) is 4.74 Å². The van der Waals surface area contributed by atoms with Gasteiger partial charge in [0, 0.05) is 23.5 Å². The van der Waals surface area contributed by atoms with E-state index >= 15 is 4.39 Å². The fourth-order valence-electron chi connectivity index (χ4n) is 5.40. The number of anilines is 3. The van der Waals surface area contributed by atoms with Crippen LogP contribution in [0.3, 0.4) is 0 Å². The number of carbonyl (C=O) groups excluding carboxylic acids is 1. The van der Waals surface area contributed by atoms with E-state index < -0.39 is 27.9 Å². The minimum atomic E-state index is -4.04. The molecular formula is C35H30FN3O4S. The van der Waals surface area contributed by atoms with Gasteiger partial charge >= 0.3 is 0 Å². The molecule has 0 aromatic heterocycles. The van der Waals surface area contributed by atoms with Gasteiger partial charge in [0.2, 0.25) is 0 Å². The molecule has 0 bridgehead atoms. The standard InChI is InChI=1S/C35H30FN3O4S/c1-24-12-14-26(15-13-24)37-44(41,42)29-20-21-33-31(22-29)35(40)39(27-16-18-28(43-2)19-17-27)34(30-10-6-7-11-32(30)36)38(33)23-25-8-4-3-5-9-25/h3-22,34,37H,23H2,1-2H3/t34-/m0/s1. The summed E-state index contributed by atoms with van der Waals surface area (Å²) >= 11 is 0. The smallest absolute Gasteiger partial charge is 0.262 e. The second-order valence-corrected chi connectivity index (χ2v) is 12.2. The van der Waals surface area contributed by atoms with Crippen molar-refractivity contribution in [3.8, 4) is 5.75 Å². The molecule has 1 aliphatic heterocycles. The highest BCUT2D eigenvalue weighted by Crippen LogP contribution is 2.44. The van der Waals surface area contributed by atoms with Crippen LogP contribution in [0.5, 0.6) is 5.75 Å². The van der Waals surface area contributed by atoms with Crippen LogP contribution in [0.25, 0.3) is 0 Å². The number of benzene rings is 5. The molecule has 0 radical (unpaired) electrons. The van der Waals surface area contributed by atoms with E-state index in [1.807, 2.05) is 54.3 Å². The second-order valence-electron chi connectivity index (χ2n) is 10.5. The molecular weight excluding hydrogens is 577 g/mol. The number of nitrogens with one attached hydrogen (secondary N) is 1. The molecule has 1 amide bonds. The van der Waals surface area contributed by atoms with Gasteiger partial charge in [0.1, 0.15) is 17.7 Å². The summed E-state index contributed by atoms with van der Waals surface area (Å²) in [5.74, 6) is -0.334. The number of hydrogen-bond acceptors (Lipinski definition) is 5. The van der Waals surface area contributed by atoms with Crippen molar-refractivity contribution in [3.05, 3.63) is 149 Å². The summed E-state index contributed by atoms with van der Waals surface area (Å²) in [6.45, 7) is 2.23. The summed E-state index contributed by atoms with van der Waals surface area (Å²) in [7, 11) is -2.49. The van der Waals surface area contributed by atoms with Crippen LogP contribution in [0.2, 0.25) is 0 Å². The number of fused-ring (bicyclic) bond motifs is 1. The Labute approximate surface area is 256 Å². The fourth-order valence-corrected chi connectivity index (χ4v) is 6.48. The molecule has 44 heavy (non-hydrogen) atoms. The monoisotopic (exact) mass is 607 g/mol. The van der Waals surface area contributed by atoms with Gasteiger partial charge in [-0.25, -0.2) is 12.8 Å². The maximum absolute atomic E-state index is 15.6. The van der Waals surface area contributed by atoms with Crippen molar-refractivity contribution in [2.75, 3.05) is 21.6 Å². The van der Waals surface area contributed by atoms with E-state index in [1.54, 1.807) is 67.8 Å². The van der Waals surface area contributed by atoms with Crippen molar-refractivity contribution in [3.63, 3.8) is 0 Å². The third-order valence-electron chi connectivity index (χ3n) is 7.61. The van der Waals surface area contributed by atoms with Gasteiger partial charge in [0.05, 0.1) is 23.3 Å². The molecule has 7 nitrogen and oxygen atoms in total. The average molecular weight is 608 g/mol. The third-order valence-corrected chi connectivity index (χ3v) is 8.99. The molecule has 0 spiro atoms. The number of halogens is 1. The Morgan fingerprint density at radius 3 is 2.20 bits per heavy atom. The van der Waals surface area contributed by atoms with Crippen LogP contribution in [-0.2, 0) is 16.6 Å². The van der Waals surface area contributed by atoms with Crippen LogP contribution in [0.15, 0.2) is 126 Å². The normalized spacial score (nSPS) is 14.7. The van der Waals surface area contributed by atoms with Gasteiger partial charge in [-0.05, 0) is 73.2 Å². The van der Waals surface area contributed by atoms with E-state index in [9.17, 15) is 13.2 Å². The predicted octanol–water partition coefficient (Wildman–Crippen LogP) is 7.31. The van der Waals surface area contributed by atoms with Crippen molar-refractivity contribution >= 4 is 33.0 Å². The van der Waals surface area contributed by atoms with Gasteiger partial charge in [0.15, 0.2) is 0 Å². The summed E-state index contributed by atoms with van der Waals surface area (Å²) in [5, 5.41) is 0. The van der Waals surface area contributed by atoms with E-state index in [0.717, 1.165) is 11.1 Å². The van der Waals surface area contributed by atoms with E-state index in [2.05, 4.69) is 4.72 Å². The lowest BCUT2D eigenvalue weighted by molar-refractivity contribution is 0.0967. The highest BCUT2D eigenvalue weighted by molar-refractivity contribution is 7.92. The van der Waals surface area contributed by atoms with Crippen molar-refractivity contribution < 1.29 is 22.3 Å². The number of methoxy groups -OCH3 is 1. The van der Waals surface area contributed by atoms with E-state index in [0.29, 0.717) is 34.9 Å². The Balaban J connectivity index is 1.53. The van der Waals surface area contributed by atoms with Crippen LogP contribution >= 0.6 is 0 Å². The Morgan fingerprint density at radius 1 is 0.841 bits per heavy atom. The van der Waals surface area contributed by atoms with Gasteiger partial charge in [-0.2, -0.15) is 0 Å². The molecule has 1 heterocycles. The molecule has 9 heteroatoms. The Bertz CT molecular complexity index is 1910. The number of sulfonamides is 1. The average Bonchev–Trinajstić information content (AvgIpc) is 3.04. The minimum Gasteiger partial charge on any atom is -0.497 e. The largest absolute Gasteiger partial charge is 0.497 e. The number of aryl methyl sites for hydroxylation is 1. The van der Waals surface area contributed by atoms with E-state index in [1.165, 1.54) is 23.1 Å². The quantitative estimate of drug-likeness (QED) is 0.200. The van der Waals surface area contributed by atoms with Crippen molar-refractivity contribution in [2.24, 2.45) is 0 Å². The molecule has 6 rings (SSSR count). The molecule has 5 aromatic carbocycles. The number of amides is 1. The number of ether oxygens (including phenoxy) is 1. The van der Waals surface area contributed by atoms with Gasteiger partial charge in [-0.1, -0.05) is 66.2 Å². The summed E-state index contributed by atoms with van der Waals surface area (Å²) < 4.78 is 50.5. The number of nitrogens with zero attached hydrogens (tertiary/aromatic N) is 2. The van der Waals surface area contributed by atoms with Crippen LogP contribution < -0.4 is 19.3 Å². The van der Waals surface area contributed by atoms with Gasteiger partial charge in [-0.15, -0.1) is 0 Å². The SMILES string of the molecule is COc1ccc(N2C(=O)c3cc(S(=O)(=O)Nc4ccc(C)cc4)ccc3N(Cc3ccccc3)[C@@H]2c2ccccc2F)cc1. The first-order valence-electron chi connectivity index (χ1n) is 14.0. The van der Waals surface area contributed by atoms with Crippen molar-refractivity contribution in [2.45, 2.75) is 24.5 Å². The van der Waals surface area contributed by atoms with Crippen LogP contribution in [-0.4, -0.2) is 21.4 Å². The van der Waals surface area contributed by atoms with E-state index in [-0.39, 0.29) is 10.5 Å². The predicted molar refractivity (Wildman–Crippen MR) is 170 cm³/mol. The zero-order valence-corrected chi connectivity index (χ0v) is 25.0. The number of carbonyl (C=O) groups is 1. The van der Waals surface area contributed by atoms with Crippen LogP contribution in [0.4, 0.5) is 21.5 Å². The highest BCUT2D eigenvalue weighted by atomic mass is 32.2. The highest BCUT2D eigenvalue weighted by Gasteiger charge is 2.41. The molecule has 1 atom stereocenters. The van der Waals surface area contributed by atoms with Crippen molar-refractivity contribution in [1.82, 2.24) is 0 Å². The molecule has 0 fully saturated rings.